The molecule has 154 valence electrons. The lowest BCUT2D eigenvalue weighted by Crippen LogP contribution is -2.24. The molecule has 0 N–H and O–H groups in total. The second kappa shape index (κ2) is 9.24. The van der Waals surface area contributed by atoms with E-state index in [2.05, 4.69) is 4.90 Å². The number of nitrogens with zero attached hydrogens (tertiary/aromatic N) is 2. The van der Waals surface area contributed by atoms with Crippen LogP contribution in [0.4, 0.5) is 5.69 Å². The van der Waals surface area contributed by atoms with Crippen LogP contribution in [0.2, 0.25) is 0 Å². The Morgan fingerprint density at radius 1 is 1.10 bits per heavy atom. The maximum Gasteiger partial charge on any atom is 0.340 e. The van der Waals surface area contributed by atoms with Gasteiger partial charge in [0, 0.05) is 27.2 Å². The zero-order chi connectivity index (χ0) is 20.9. The van der Waals surface area contributed by atoms with E-state index in [0.29, 0.717) is 0 Å². The van der Waals surface area contributed by atoms with E-state index in [1.807, 2.05) is 36.4 Å². The molecule has 0 unspecified atom stereocenters. The van der Waals surface area contributed by atoms with Gasteiger partial charge in [-0.1, -0.05) is 36.4 Å². The third-order valence-corrected chi connectivity index (χ3v) is 6.64. The van der Waals surface area contributed by atoms with Crippen LogP contribution in [0.25, 0.3) is 6.08 Å². The van der Waals surface area contributed by atoms with Crippen molar-refractivity contribution >= 4 is 27.8 Å². The molecule has 0 spiro atoms. The topological polar surface area (TPSA) is 66.9 Å². The Hall–Kier alpha value is -2.64. The predicted octanol–water partition coefficient (Wildman–Crippen LogP) is 3.41. The van der Waals surface area contributed by atoms with Crippen LogP contribution in [0.5, 0.6) is 0 Å². The van der Waals surface area contributed by atoms with Crippen LogP contribution < -0.4 is 4.90 Å². The van der Waals surface area contributed by atoms with E-state index in [-0.39, 0.29) is 17.1 Å². The lowest BCUT2D eigenvalue weighted by molar-refractivity contribution is 0.0550. The number of esters is 1. The largest absolute Gasteiger partial charge is 0.458 e. The van der Waals surface area contributed by atoms with Gasteiger partial charge in [-0.3, -0.25) is 0 Å². The number of anilines is 1. The lowest BCUT2D eigenvalue weighted by Gasteiger charge is -2.22. The minimum absolute atomic E-state index is 0.0808. The van der Waals surface area contributed by atoms with Gasteiger partial charge in [-0.05, 0) is 42.7 Å². The van der Waals surface area contributed by atoms with E-state index < -0.39 is 16.0 Å². The van der Waals surface area contributed by atoms with Gasteiger partial charge < -0.3 is 9.64 Å². The average Bonchev–Trinajstić information content (AvgIpc) is 3.26. The van der Waals surface area contributed by atoms with Crippen molar-refractivity contribution in [1.29, 1.82) is 0 Å². The Morgan fingerprint density at radius 2 is 1.79 bits per heavy atom. The van der Waals surface area contributed by atoms with Crippen molar-refractivity contribution in [2.45, 2.75) is 17.7 Å². The highest BCUT2D eigenvalue weighted by Gasteiger charge is 2.25. The molecular formula is C22H26N2O4S. The summed E-state index contributed by atoms with van der Waals surface area (Å²) < 4.78 is 31.6. The lowest BCUT2D eigenvalue weighted by atomic mass is 10.1. The van der Waals surface area contributed by atoms with Gasteiger partial charge >= 0.3 is 5.97 Å². The quantitative estimate of drug-likeness (QED) is 0.650. The molecule has 0 atom stereocenters. The van der Waals surface area contributed by atoms with E-state index >= 15 is 0 Å². The molecule has 0 amide bonds. The molecule has 6 nitrogen and oxygen atoms in total. The molecule has 0 aliphatic carbocycles. The van der Waals surface area contributed by atoms with Gasteiger partial charge in [0.05, 0.1) is 16.1 Å². The molecule has 2 aromatic carbocycles. The van der Waals surface area contributed by atoms with Gasteiger partial charge in [-0.2, -0.15) is 0 Å². The molecule has 0 radical (unpaired) electrons. The Morgan fingerprint density at radius 3 is 2.45 bits per heavy atom. The molecule has 1 aliphatic rings. The van der Waals surface area contributed by atoms with Crippen LogP contribution in [-0.2, 0) is 14.8 Å². The van der Waals surface area contributed by atoms with Crippen molar-refractivity contribution in [2.75, 3.05) is 38.7 Å². The summed E-state index contributed by atoms with van der Waals surface area (Å²) in [5.74, 6) is -0.527. The van der Waals surface area contributed by atoms with Crippen molar-refractivity contribution in [2.24, 2.45) is 0 Å². The first-order valence-corrected chi connectivity index (χ1v) is 11.0. The van der Waals surface area contributed by atoms with E-state index in [4.69, 9.17) is 4.74 Å². The molecule has 1 fully saturated rings. The zero-order valence-corrected chi connectivity index (χ0v) is 17.6. The van der Waals surface area contributed by atoms with E-state index in [0.717, 1.165) is 41.5 Å². The molecule has 1 heterocycles. The second-order valence-electron chi connectivity index (χ2n) is 7.07. The zero-order valence-electron chi connectivity index (χ0n) is 16.7. The highest BCUT2D eigenvalue weighted by Crippen LogP contribution is 2.28. The van der Waals surface area contributed by atoms with Gasteiger partial charge in [0.2, 0.25) is 10.0 Å². The smallest absolute Gasteiger partial charge is 0.340 e. The monoisotopic (exact) mass is 414 g/mol. The Balaban J connectivity index is 1.82. The van der Waals surface area contributed by atoms with Gasteiger partial charge in [0.25, 0.3) is 0 Å². The van der Waals surface area contributed by atoms with Crippen LogP contribution in [0.15, 0.2) is 59.5 Å². The van der Waals surface area contributed by atoms with Crippen LogP contribution in [0.1, 0.15) is 28.8 Å². The third-order valence-electron chi connectivity index (χ3n) is 4.83. The van der Waals surface area contributed by atoms with E-state index in [1.54, 1.807) is 18.2 Å². The summed E-state index contributed by atoms with van der Waals surface area (Å²) in [5, 5.41) is 0. The fourth-order valence-electron chi connectivity index (χ4n) is 3.23. The van der Waals surface area contributed by atoms with Crippen LogP contribution in [-0.4, -0.2) is 52.5 Å². The van der Waals surface area contributed by atoms with Crippen molar-refractivity contribution in [3.63, 3.8) is 0 Å². The molecule has 0 saturated carbocycles. The van der Waals surface area contributed by atoms with Crippen molar-refractivity contribution in [3.05, 3.63) is 65.7 Å². The number of benzene rings is 2. The number of hydrogen-bond donors (Lipinski definition) is 0. The normalized spacial score (nSPS) is 14.7. The maximum absolute atomic E-state index is 12.8. The van der Waals surface area contributed by atoms with Gasteiger partial charge in [0.15, 0.2) is 0 Å². The summed E-state index contributed by atoms with van der Waals surface area (Å²) in [4.78, 5) is 15.0. The average molecular weight is 415 g/mol. The Kier molecular flexibility index (Phi) is 6.71. The van der Waals surface area contributed by atoms with Crippen LogP contribution in [0, 0.1) is 0 Å². The van der Waals surface area contributed by atoms with E-state index in [1.165, 1.54) is 20.2 Å². The Bertz CT molecular complexity index is 979. The minimum atomic E-state index is -3.64. The maximum atomic E-state index is 12.8. The van der Waals surface area contributed by atoms with Gasteiger partial charge in [-0.25, -0.2) is 17.5 Å². The molecule has 3 rings (SSSR count). The molecule has 2 aromatic rings. The first kappa shape index (κ1) is 21.1. The number of ether oxygens (including phenoxy) is 1. The summed E-state index contributed by atoms with van der Waals surface area (Å²) in [6, 6.07) is 14.4. The van der Waals surface area contributed by atoms with E-state index in [9.17, 15) is 13.2 Å². The van der Waals surface area contributed by atoms with Crippen LogP contribution >= 0.6 is 0 Å². The van der Waals surface area contributed by atoms with Crippen molar-refractivity contribution < 1.29 is 17.9 Å². The summed E-state index contributed by atoms with van der Waals surface area (Å²) in [6.45, 7) is 1.79. The first-order chi connectivity index (χ1) is 13.9. The summed E-state index contributed by atoms with van der Waals surface area (Å²) in [5.41, 5.74) is 2.01. The minimum Gasteiger partial charge on any atom is -0.458 e. The molecule has 29 heavy (non-hydrogen) atoms. The summed E-state index contributed by atoms with van der Waals surface area (Å²) >= 11 is 0. The van der Waals surface area contributed by atoms with Crippen molar-refractivity contribution in [1.82, 2.24) is 4.31 Å². The fourth-order valence-corrected chi connectivity index (χ4v) is 4.16. The first-order valence-electron chi connectivity index (χ1n) is 9.60. The number of sulfonamides is 1. The predicted molar refractivity (Wildman–Crippen MR) is 115 cm³/mol. The summed E-state index contributed by atoms with van der Waals surface area (Å²) in [6.07, 6.45) is 5.74. The molecule has 0 aromatic heterocycles. The highest BCUT2D eigenvalue weighted by molar-refractivity contribution is 7.89. The molecule has 1 saturated heterocycles. The fraction of sp³-hybridized carbons (Fsp3) is 0.318. The molecule has 1 aliphatic heterocycles. The number of carbonyl (C=O) groups excluding carboxylic acids is 1. The van der Waals surface area contributed by atoms with Crippen LogP contribution in [0.3, 0.4) is 0 Å². The third kappa shape index (κ3) is 5.05. The SMILES string of the molecule is CN(C)S(=O)(=O)c1ccc(N2CCCC2)c(C(=O)OC/C=C/c2ccccc2)c1. The van der Waals surface area contributed by atoms with Gasteiger partial charge in [-0.15, -0.1) is 0 Å². The van der Waals surface area contributed by atoms with Gasteiger partial charge in [0.1, 0.15) is 6.61 Å². The Labute approximate surface area is 172 Å². The highest BCUT2D eigenvalue weighted by atomic mass is 32.2. The second-order valence-corrected chi connectivity index (χ2v) is 9.22. The molecule has 0 bridgehead atoms. The van der Waals surface area contributed by atoms with Crippen molar-refractivity contribution in [3.8, 4) is 0 Å². The number of hydrogen-bond acceptors (Lipinski definition) is 5. The number of rotatable bonds is 7. The molecular weight excluding hydrogens is 388 g/mol. The standard InChI is InChI=1S/C22H26N2O4S/c1-23(2)29(26,27)19-12-13-21(24-14-6-7-15-24)20(17-19)22(25)28-16-8-11-18-9-4-3-5-10-18/h3-5,8-13,17H,6-7,14-16H2,1-2H3/b11-8+. The molecule has 7 heteroatoms. The summed E-state index contributed by atoms with van der Waals surface area (Å²) in [7, 11) is -0.705. The number of carbonyl (C=O) groups is 1.